The van der Waals surface area contributed by atoms with E-state index in [1.165, 1.54) is 25.1 Å². The molecule has 1 fully saturated rings. The Hall–Kier alpha value is -3.98. The van der Waals surface area contributed by atoms with E-state index < -0.39 is 75.3 Å². The lowest BCUT2D eigenvalue weighted by molar-refractivity contribution is -0.153. The number of phenolic OH excluding ortho intramolecular Hbond substituents is 1. The predicted molar refractivity (Wildman–Crippen MR) is 156 cm³/mol. The van der Waals surface area contributed by atoms with E-state index in [1.807, 2.05) is 0 Å². The number of nitrogens with one attached hydrogen (secondary N) is 2. The molecule has 0 unspecified atom stereocenters. The van der Waals surface area contributed by atoms with Gasteiger partial charge in [0.2, 0.25) is 11.7 Å². The fourth-order valence-electron chi connectivity index (χ4n) is 6.30. The van der Waals surface area contributed by atoms with E-state index in [2.05, 4.69) is 10.8 Å². The summed E-state index contributed by atoms with van der Waals surface area (Å²) in [5.74, 6) is -8.03. The van der Waals surface area contributed by atoms with Crippen molar-refractivity contribution in [1.29, 1.82) is 0 Å². The molecular weight excluding hydrogens is 562 g/mol. The number of benzene rings is 1. The van der Waals surface area contributed by atoms with Gasteiger partial charge in [-0.2, -0.15) is 5.48 Å². The maximum Gasteiger partial charge on any atom is 0.255 e. The van der Waals surface area contributed by atoms with Gasteiger partial charge in [-0.15, -0.1) is 0 Å². The maximum atomic E-state index is 14.1. The van der Waals surface area contributed by atoms with Crippen LogP contribution in [0.2, 0.25) is 0 Å². The van der Waals surface area contributed by atoms with E-state index in [4.69, 9.17) is 10.6 Å². The summed E-state index contributed by atoms with van der Waals surface area (Å²) < 4.78 is 0. The van der Waals surface area contributed by atoms with Crippen molar-refractivity contribution in [3.05, 3.63) is 34.1 Å². The number of hydrogen-bond donors (Lipinski definition) is 7. The van der Waals surface area contributed by atoms with Gasteiger partial charge in [0.1, 0.15) is 29.4 Å². The summed E-state index contributed by atoms with van der Waals surface area (Å²) in [5.41, 5.74) is 4.28. The fourth-order valence-corrected chi connectivity index (χ4v) is 6.30. The van der Waals surface area contributed by atoms with Crippen LogP contribution in [0.15, 0.2) is 23.0 Å². The highest BCUT2D eigenvalue weighted by molar-refractivity contribution is 6.24. The number of rotatable bonds is 7. The van der Waals surface area contributed by atoms with Gasteiger partial charge in [0, 0.05) is 31.3 Å². The Morgan fingerprint density at radius 2 is 1.77 bits per heavy atom. The van der Waals surface area contributed by atoms with Crippen molar-refractivity contribution in [3.63, 3.8) is 0 Å². The molecule has 1 aromatic carbocycles. The molecule has 0 heterocycles. The minimum atomic E-state index is -2.74. The van der Waals surface area contributed by atoms with E-state index in [9.17, 15) is 39.6 Å². The summed E-state index contributed by atoms with van der Waals surface area (Å²) in [6, 6.07) is 0.365. The summed E-state index contributed by atoms with van der Waals surface area (Å²) in [6.07, 6.45) is 0.0855. The number of phenols is 1. The number of ketones is 2. The Bertz CT molecular complexity index is 1470. The van der Waals surface area contributed by atoms with E-state index in [0.717, 1.165) is 0 Å². The zero-order valence-corrected chi connectivity index (χ0v) is 25.2. The van der Waals surface area contributed by atoms with Crippen LogP contribution in [0.4, 0.5) is 11.4 Å². The standard InChI is InChI=1S/C29H39N5O9/c1-28(2,3)43-31-11-17(35)32-15-10-16(33(4)5)13-8-12-9-14-21(34(6)7)24(38)20(27(30)41)26(40)29(14,42)25(39)18(12)23(37)19(13)22(15)36/h10,12,14,21,31,36-37,40,42H,8-9,11H2,1-7H3,(H2,30,41)(H,32,35)/t12-,14-,21-,29-/m0/s1. The number of nitrogens with zero attached hydrogens (tertiary/aromatic N) is 2. The molecule has 14 heteroatoms. The van der Waals surface area contributed by atoms with Crippen molar-refractivity contribution in [2.45, 2.75) is 50.9 Å². The first-order valence-electron chi connectivity index (χ1n) is 13.7. The lowest BCUT2D eigenvalue weighted by Gasteiger charge is -2.50. The Morgan fingerprint density at radius 3 is 2.30 bits per heavy atom. The molecule has 0 saturated heterocycles. The molecule has 3 aliphatic carbocycles. The number of carbonyl (C=O) groups is 4. The van der Waals surface area contributed by atoms with Crippen molar-refractivity contribution in [3.8, 4) is 5.75 Å². The largest absolute Gasteiger partial charge is 0.508 e. The first-order chi connectivity index (χ1) is 19.8. The Balaban J connectivity index is 1.85. The highest BCUT2D eigenvalue weighted by Gasteiger charge is 2.64. The van der Waals surface area contributed by atoms with Gasteiger partial charge >= 0.3 is 0 Å². The highest BCUT2D eigenvalue weighted by Crippen LogP contribution is 2.54. The Morgan fingerprint density at radius 1 is 1.14 bits per heavy atom. The van der Waals surface area contributed by atoms with Crippen LogP contribution in [0.1, 0.15) is 38.3 Å². The van der Waals surface area contributed by atoms with Crippen molar-refractivity contribution in [2.75, 3.05) is 45.0 Å². The van der Waals surface area contributed by atoms with E-state index in [1.54, 1.807) is 39.8 Å². The molecule has 4 atom stereocenters. The minimum Gasteiger partial charge on any atom is -0.508 e. The second kappa shape index (κ2) is 10.9. The predicted octanol–water partition coefficient (Wildman–Crippen LogP) is 0.288. The van der Waals surface area contributed by atoms with Crippen LogP contribution < -0.4 is 21.4 Å². The number of amides is 2. The van der Waals surface area contributed by atoms with Crippen LogP contribution in [-0.2, 0) is 30.4 Å². The lowest BCUT2D eigenvalue weighted by atomic mass is 9.57. The minimum absolute atomic E-state index is 0.0304. The Kier molecular flexibility index (Phi) is 8.13. The van der Waals surface area contributed by atoms with Crippen molar-refractivity contribution in [2.24, 2.45) is 17.6 Å². The summed E-state index contributed by atoms with van der Waals surface area (Å²) >= 11 is 0. The first-order valence-corrected chi connectivity index (χ1v) is 13.7. The number of hydrogen-bond acceptors (Lipinski definition) is 12. The normalized spacial score (nSPS) is 25.4. The number of hydroxylamine groups is 1. The van der Waals surface area contributed by atoms with Crippen LogP contribution in [0.3, 0.4) is 0 Å². The monoisotopic (exact) mass is 601 g/mol. The van der Waals surface area contributed by atoms with Crippen LogP contribution in [0.5, 0.6) is 5.75 Å². The van der Waals surface area contributed by atoms with E-state index in [0.29, 0.717) is 11.3 Å². The summed E-state index contributed by atoms with van der Waals surface area (Å²) in [6.45, 7) is 5.12. The molecule has 234 valence electrons. The van der Waals surface area contributed by atoms with E-state index in [-0.39, 0.29) is 36.2 Å². The van der Waals surface area contributed by atoms with Crippen LogP contribution in [-0.4, -0.2) is 101 Å². The quantitative estimate of drug-likeness (QED) is 0.128. The number of carbonyl (C=O) groups excluding carboxylic acids is 4. The number of anilines is 2. The molecule has 0 spiro atoms. The molecule has 0 aromatic heterocycles. The number of primary amides is 1. The molecule has 3 aliphatic rings. The number of likely N-dealkylation sites (N-methyl/N-ethyl adjacent to an activating group) is 1. The van der Waals surface area contributed by atoms with E-state index >= 15 is 0 Å². The maximum absolute atomic E-state index is 14.1. The van der Waals surface area contributed by atoms with Gasteiger partial charge < -0.3 is 36.4 Å². The molecule has 0 aliphatic heterocycles. The number of fused-ring (bicyclic) bond motifs is 3. The molecule has 14 nitrogen and oxygen atoms in total. The topological polar surface area (TPSA) is 215 Å². The second-order valence-electron chi connectivity index (χ2n) is 12.6. The number of aliphatic hydroxyl groups excluding tert-OH is 2. The zero-order valence-electron chi connectivity index (χ0n) is 25.2. The number of nitrogens with two attached hydrogens (primary N) is 1. The zero-order chi connectivity index (χ0) is 32.3. The summed E-state index contributed by atoms with van der Waals surface area (Å²) in [7, 11) is 6.54. The third kappa shape index (κ3) is 5.24. The highest BCUT2D eigenvalue weighted by atomic mass is 16.7. The number of Topliss-reactive ketones (excluding diaryl/α,β-unsaturated/α-hetero) is 2. The van der Waals surface area contributed by atoms with Gasteiger partial charge in [0.05, 0.1) is 22.9 Å². The van der Waals surface area contributed by atoms with Crippen LogP contribution in [0.25, 0.3) is 5.76 Å². The Labute approximate surface area is 248 Å². The SMILES string of the molecule is CN(C)c1cc(NC(=O)CNOC(C)(C)C)c(O)c2c1C[C@H]1C[C@H]3[C@H](N(C)C)C(=O)C(C(N)=O)=C(O)[C@@]3(O)C(=O)C1=C2O. The fraction of sp³-hybridized carbons (Fsp3) is 0.517. The van der Waals surface area contributed by atoms with Gasteiger partial charge in [-0.05, 0) is 65.3 Å². The molecule has 1 saturated carbocycles. The van der Waals surface area contributed by atoms with Crippen molar-refractivity contribution in [1.82, 2.24) is 10.4 Å². The molecule has 4 rings (SSSR count). The summed E-state index contributed by atoms with van der Waals surface area (Å²) in [5, 5.41) is 48.2. The third-order valence-electron chi connectivity index (χ3n) is 8.06. The third-order valence-corrected chi connectivity index (χ3v) is 8.06. The van der Waals surface area contributed by atoms with Gasteiger partial charge in [0.25, 0.3) is 5.91 Å². The lowest BCUT2D eigenvalue weighted by Crippen LogP contribution is -2.65. The molecule has 2 amide bonds. The summed E-state index contributed by atoms with van der Waals surface area (Å²) in [4.78, 5) is 60.6. The van der Waals surface area contributed by atoms with Crippen LogP contribution >= 0.6 is 0 Å². The van der Waals surface area contributed by atoms with Gasteiger partial charge in [-0.1, -0.05) is 0 Å². The molecule has 0 radical (unpaired) electrons. The van der Waals surface area contributed by atoms with Crippen molar-refractivity contribution < 1.29 is 44.4 Å². The van der Waals surface area contributed by atoms with Crippen LogP contribution in [0, 0.1) is 11.8 Å². The van der Waals surface area contributed by atoms with Gasteiger partial charge in [-0.3, -0.25) is 28.9 Å². The molecule has 43 heavy (non-hydrogen) atoms. The molecule has 0 bridgehead atoms. The smallest absolute Gasteiger partial charge is 0.255 e. The first kappa shape index (κ1) is 31.9. The molecule has 8 N–H and O–H groups in total. The average molecular weight is 602 g/mol. The van der Waals surface area contributed by atoms with Gasteiger partial charge in [-0.25, -0.2) is 0 Å². The average Bonchev–Trinajstić information content (AvgIpc) is 2.86. The second-order valence-corrected chi connectivity index (χ2v) is 12.6. The number of aliphatic hydroxyl groups is 3. The molecular formula is C29H39N5O9. The van der Waals surface area contributed by atoms with Gasteiger partial charge in [0.15, 0.2) is 11.4 Å². The molecule has 1 aromatic rings. The van der Waals surface area contributed by atoms with Crippen molar-refractivity contribution >= 4 is 40.5 Å². The number of aromatic hydroxyl groups is 1.